The minimum atomic E-state index is -0.245. The highest BCUT2D eigenvalue weighted by atomic mass is 16.5. The molecule has 0 spiro atoms. The molecule has 4 aromatic rings. The molecule has 1 heterocycles. The topological polar surface area (TPSA) is 65.4 Å². The molecule has 1 N–H and O–H groups in total. The van der Waals surface area contributed by atoms with Gasteiger partial charge in [-0.15, -0.1) is 0 Å². The largest absolute Gasteiger partial charge is 0.497 e. The highest BCUT2D eigenvalue weighted by Crippen LogP contribution is 2.21. The van der Waals surface area contributed by atoms with Crippen LogP contribution in [0.5, 0.6) is 11.5 Å². The monoisotopic (exact) mass is 429 g/mol. The maximum atomic E-state index is 12.7. The van der Waals surface area contributed by atoms with Gasteiger partial charge in [-0.2, -0.15) is 0 Å². The van der Waals surface area contributed by atoms with Gasteiger partial charge in [-0.3, -0.25) is 4.79 Å². The van der Waals surface area contributed by atoms with E-state index in [4.69, 9.17) is 14.5 Å². The third-order valence-electron chi connectivity index (χ3n) is 5.30. The summed E-state index contributed by atoms with van der Waals surface area (Å²) in [5.74, 6) is 2.36. The first kappa shape index (κ1) is 21.4. The van der Waals surface area contributed by atoms with E-state index < -0.39 is 0 Å². The van der Waals surface area contributed by atoms with Gasteiger partial charge < -0.3 is 19.4 Å². The van der Waals surface area contributed by atoms with Crippen molar-refractivity contribution in [2.45, 2.75) is 25.9 Å². The number of carbonyl (C=O) groups is 1. The zero-order valence-electron chi connectivity index (χ0n) is 18.3. The number of methoxy groups -OCH3 is 1. The normalized spacial score (nSPS) is 11.8. The molecular weight excluding hydrogens is 402 g/mol. The fourth-order valence-electron chi connectivity index (χ4n) is 3.72. The molecule has 164 valence electrons. The molecule has 1 atom stereocenters. The van der Waals surface area contributed by atoms with Gasteiger partial charge >= 0.3 is 0 Å². The Labute approximate surface area is 187 Å². The van der Waals surface area contributed by atoms with Crippen LogP contribution in [0.4, 0.5) is 0 Å². The summed E-state index contributed by atoms with van der Waals surface area (Å²) in [6.45, 7) is 3.09. The van der Waals surface area contributed by atoms with Gasteiger partial charge in [0.25, 0.3) is 0 Å². The number of hydrogen-bond acceptors (Lipinski definition) is 4. The van der Waals surface area contributed by atoms with Crippen LogP contribution in [0.3, 0.4) is 0 Å². The quantitative estimate of drug-likeness (QED) is 0.424. The molecule has 6 nitrogen and oxygen atoms in total. The summed E-state index contributed by atoms with van der Waals surface area (Å²) in [6.07, 6.45) is 0.297. The first-order chi connectivity index (χ1) is 15.6. The van der Waals surface area contributed by atoms with E-state index in [1.54, 1.807) is 7.11 Å². The second-order valence-electron chi connectivity index (χ2n) is 7.59. The molecule has 3 aromatic carbocycles. The van der Waals surface area contributed by atoms with Crippen molar-refractivity contribution in [3.63, 3.8) is 0 Å². The Morgan fingerprint density at radius 1 is 0.969 bits per heavy atom. The average Bonchev–Trinajstić information content (AvgIpc) is 3.19. The van der Waals surface area contributed by atoms with Gasteiger partial charge in [0.05, 0.1) is 37.2 Å². The standard InChI is InChI=1S/C26H27N3O3/c1-19(27-25(30)18-20-12-14-21(31-2)15-13-20)26-28-23-10-6-7-11-24(23)29(26)16-17-32-22-8-4-3-5-9-22/h3-15,19H,16-18H2,1-2H3,(H,27,30). The molecule has 0 radical (unpaired) electrons. The van der Waals surface area contributed by atoms with Crippen molar-refractivity contribution in [1.29, 1.82) is 0 Å². The molecule has 0 aliphatic rings. The molecule has 0 aliphatic heterocycles. The summed E-state index contributed by atoms with van der Waals surface area (Å²) in [5, 5.41) is 3.09. The highest BCUT2D eigenvalue weighted by molar-refractivity contribution is 5.79. The second kappa shape index (κ2) is 10.0. The van der Waals surface area contributed by atoms with E-state index in [2.05, 4.69) is 9.88 Å². The maximum absolute atomic E-state index is 12.7. The number of para-hydroxylation sites is 3. The molecule has 0 bridgehead atoms. The van der Waals surface area contributed by atoms with E-state index >= 15 is 0 Å². The van der Waals surface area contributed by atoms with E-state index in [0.29, 0.717) is 19.6 Å². The summed E-state index contributed by atoms with van der Waals surface area (Å²) in [7, 11) is 1.63. The number of hydrogen-bond donors (Lipinski definition) is 1. The molecule has 0 saturated carbocycles. The smallest absolute Gasteiger partial charge is 0.224 e. The van der Waals surface area contributed by atoms with Crippen LogP contribution >= 0.6 is 0 Å². The van der Waals surface area contributed by atoms with Crippen LogP contribution < -0.4 is 14.8 Å². The summed E-state index contributed by atoms with van der Waals surface area (Å²) in [6, 6.07) is 25.0. The summed E-state index contributed by atoms with van der Waals surface area (Å²) >= 11 is 0. The molecule has 0 aliphatic carbocycles. The van der Waals surface area contributed by atoms with Gasteiger partial charge in [0, 0.05) is 0 Å². The third kappa shape index (κ3) is 5.09. The van der Waals surface area contributed by atoms with E-state index in [-0.39, 0.29) is 11.9 Å². The Bertz CT molecular complexity index is 1170. The van der Waals surface area contributed by atoms with Crippen molar-refractivity contribution in [3.05, 3.63) is 90.3 Å². The van der Waals surface area contributed by atoms with Crippen molar-refractivity contribution >= 4 is 16.9 Å². The molecule has 0 saturated heterocycles. The molecule has 6 heteroatoms. The SMILES string of the molecule is COc1ccc(CC(=O)NC(C)c2nc3ccccc3n2CCOc2ccccc2)cc1. The van der Waals surface area contributed by atoms with Crippen LogP contribution in [0.2, 0.25) is 0 Å². The Balaban J connectivity index is 1.46. The van der Waals surface area contributed by atoms with E-state index in [9.17, 15) is 4.79 Å². The number of aromatic nitrogens is 2. The van der Waals surface area contributed by atoms with Crippen molar-refractivity contribution in [2.24, 2.45) is 0 Å². The van der Waals surface area contributed by atoms with Gasteiger partial charge in [0.1, 0.15) is 23.9 Å². The minimum Gasteiger partial charge on any atom is -0.497 e. The predicted octanol–water partition coefficient (Wildman–Crippen LogP) is 4.54. The lowest BCUT2D eigenvalue weighted by Crippen LogP contribution is -2.30. The first-order valence-electron chi connectivity index (χ1n) is 10.7. The molecule has 1 amide bonds. The Morgan fingerprint density at radius 2 is 1.69 bits per heavy atom. The van der Waals surface area contributed by atoms with Gasteiger partial charge in [0.15, 0.2) is 0 Å². The summed E-state index contributed by atoms with van der Waals surface area (Å²) < 4.78 is 13.2. The number of ether oxygens (including phenoxy) is 2. The number of rotatable bonds is 9. The van der Waals surface area contributed by atoms with Crippen molar-refractivity contribution in [2.75, 3.05) is 13.7 Å². The highest BCUT2D eigenvalue weighted by Gasteiger charge is 2.18. The van der Waals surface area contributed by atoms with E-state index in [0.717, 1.165) is 33.9 Å². The number of imidazole rings is 1. The lowest BCUT2D eigenvalue weighted by Gasteiger charge is -2.17. The van der Waals surface area contributed by atoms with Crippen LogP contribution in [0.25, 0.3) is 11.0 Å². The number of fused-ring (bicyclic) bond motifs is 1. The fraction of sp³-hybridized carbons (Fsp3) is 0.231. The van der Waals surface area contributed by atoms with Crippen molar-refractivity contribution in [1.82, 2.24) is 14.9 Å². The Kier molecular flexibility index (Phi) is 6.70. The minimum absolute atomic E-state index is 0.0539. The number of carbonyl (C=O) groups excluding carboxylic acids is 1. The molecule has 4 rings (SSSR count). The number of nitrogens with one attached hydrogen (secondary N) is 1. The van der Waals surface area contributed by atoms with Crippen LogP contribution in [0.1, 0.15) is 24.4 Å². The van der Waals surface area contributed by atoms with Crippen LogP contribution in [-0.2, 0) is 17.8 Å². The lowest BCUT2D eigenvalue weighted by atomic mass is 10.1. The first-order valence-corrected chi connectivity index (χ1v) is 10.7. The lowest BCUT2D eigenvalue weighted by molar-refractivity contribution is -0.121. The Hall–Kier alpha value is -3.80. The molecule has 32 heavy (non-hydrogen) atoms. The number of nitrogens with zero attached hydrogens (tertiary/aromatic N) is 2. The van der Waals surface area contributed by atoms with Gasteiger partial charge in [-0.1, -0.05) is 42.5 Å². The molecule has 1 aromatic heterocycles. The predicted molar refractivity (Wildman–Crippen MR) is 125 cm³/mol. The van der Waals surface area contributed by atoms with Crippen LogP contribution in [0.15, 0.2) is 78.9 Å². The van der Waals surface area contributed by atoms with Crippen LogP contribution in [0, 0.1) is 0 Å². The number of benzene rings is 3. The Morgan fingerprint density at radius 3 is 2.44 bits per heavy atom. The van der Waals surface area contributed by atoms with Gasteiger partial charge in [-0.05, 0) is 48.9 Å². The molecule has 1 unspecified atom stereocenters. The fourth-order valence-corrected chi connectivity index (χ4v) is 3.72. The zero-order chi connectivity index (χ0) is 22.3. The second-order valence-corrected chi connectivity index (χ2v) is 7.59. The molecule has 0 fully saturated rings. The van der Waals surface area contributed by atoms with Gasteiger partial charge in [-0.25, -0.2) is 4.98 Å². The summed E-state index contributed by atoms with van der Waals surface area (Å²) in [4.78, 5) is 17.5. The maximum Gasteiger partial charge on any atom is 0.224 e. The van der Waals surface area contributed by atoms with E-state index in [1.165, 1.54) is 0 Å². The van der Waals surface area contributed by atoms with Gasteiger partial charge in [0.2, 0.25) is 5.91 Å². The van der Waals surface area contributed by atoms with E-state index in [1.807, 2.05) is 85.8 Å². The third-order valence-corrected chi connectivity index (χ3v) is 5.30. The van der Waals surface area contributed by atoms with Crippen molar-refractivity contribution in [3.8, 4) is 11.5 Å². The average molecular weight is 430 g/mol. The zero-order valence-corrected chi connectivity index (χ0v) is 18.3. The van der Waals surface area contributed by atoms with Crippen molar-refractivity contribution < 1.29 is 14.3 Å². The summed E-state index contributed by atoms with van der Waals surface area (Å²) in [5.41, 5.74) is 2.86. The molecular formula is C26H27N3O3. The van der Waals surface area contributed by atoms with Crippen LogP contribution in [-0.4, -0.2) is 29.2 Å². The number of amides is 1.